The number of ketones is 1. The van der Waals surface area contributed by atoms with Crippen LogP contribution in [0.4, 0.5) is 0 Å². The van der Waals surface area contributed by atoms with Gasteiger partial charge in [-0.05, 0) is 37.0 Å². The number of carbonyl (C=O) groups excluding carboxylic acids is 1. The van der Waals surface area contributed by atoms with Crippen LogP contribution in [-0.4, -0.2) is 10.4 Å². The van der Waals surface area contributed by atoms with Crippen LogP contribution in [0.2, 0.25) is 0 Å². The summed E-state index contributed by atoms with van der Waals surface area (Å²) in [5, 5.41) is 0. The predicted molar refractivity (Wildman–Crippen MR) is 76.9 cm³/mol. The van der Waals surface area contributed by atoms with E-state index in [9.17, 15) is 4.79 Å². The summed E-state index contributed by atoms with van der Waals surface area (Å²) in [6, 6.07) is 12.3. The monoisotopic (exact) mass is 253 g/mol. The fraction of sp³-hybridized carbons (Fsp3) is 0.353. The van der Waals surface area contributed by atoms with Crippen LogP contribution in [0.3, 0.4) is 0 Å². The van der Waals surface area contributed by atoms with Gasteiger partial charge in [0.05, 0.1) is 0 Å². The highest BCUT2D eigenvalue weighted by atomic mass is 16.1. The van der Waals surface area contributed by atoms with Crippen LogP contribution in [-0.2, 0) is 6.42 Å². The van der Waals surface area contributed by atoms with Gasteiger partial charge in [0, 0.05) is 29.1 Å². The van der Waals surface area contributed by atoms with Gasteiger partial charge in [0.2, 0.25) is 0 Å². The van der Waals surface area contributed by atoms with Crippen molar-refractivity contribution in [3.8, 4) is 5.69 Å². The molecule has 0 saturated carbocycles. The Morgan fingerprint density at radius 3 is 2.47 bits per heavy atom. The lowest BCUT2D eigenvalue weighted by molar-refractivity contribution is 0.0911. The quantitative estimate of drug-likeness (QED) is 0.754. The maximum atomic E-state index is 12.3. The topological polar surface area (TPSA) is 22.0 Å². The number of aryl methyl sites for hydroxylation is 1. The average molecular weight is 253 g/mol. The molecule has 1 aromatic heterocycles. The summed E-state index contributed by atoms with van der Waals surface area (Å²) in [5.41, 5.74) is 4.43. The Labute approximate surface area is 114 Å². The zero-order valence-corrected chi connectivity index (χ0v) is 11.7. The minimum Gasteiger partial charge on any atom is -0.317 e. The molecule has 1 aliphatic carbocycles. The number of nitrogens with zero attached hydrogens (tertiary/aromatic N) is 1. The van der Waals surface area contributed by atoms with E-state index in [4.69, 9.17) is 0 Å². The van der Waals surface area contributed by atoms with Gasteiger partial charge in [-0.3, -0.25) is 4.79 Å². The van der Waals surface area contributed by atoms with Gasteiger partial charge in [0.1, 0.15) is 0 Å². The molecule has 0 spiro atoms. The van der Waals surface area contributed by atoms with E-state index in [0.717, 1.165) is 23.4 Å². The summed E-state index contributed by atoms with van der Waals surface area (Å²) >= 11 is 0. The molecule has 1 aromatic carbocycles. The summed E-state index contributed by atoms with van der Waals surface area (Å²) in [7, 11) is 0. The first kappa shape index (κ1) is 12.2. The van der Waals surface area contributed by atoms with Gasteiger partial charge in [0.15, 0.2) is 5.78 Å². The number of benzene rings is 1. The molecule has 0 radical (unpaired) electrons. The number of rotatable bonds is 1. The molecule has 1 aliphatic rings. The van der Waals surface area contributed by atoms with Crippen LogP contribution in [0.5, 0.6) is 0 Å². The van der Waals surface area contributed by atoms with E-state index >= 15 is 0 Å². The number of carbonyl (C=O) groups is 1. The lowest BCUT2D eigenvalue weighted by Crippen LogP contribution is -2.27. The van der Waals surface area contributed by atoms with Crippen LogP contribution in [0.15, 0.2) is 36.4 Å². The Morgan fingerprint density at radius 2 is 1.79 bits per heavy atom. The maximum Gasteiger partial charge on any atom is 0.165 e. The Hall–Kier alpha value is -1.83. The highest BCUT2D eigenvalue weighted by Gasteiger charge is 2.34. The van der Waals surface area contributed by atoms with E-state index in [-0.39, 0.29) is 11.2 Å². The van der Waals surface area contributed by atoms with E-state index in [1.165, 1.54) is 5.69 Å². The smallest absolute Gasteiger partial charge is 0.165 e. The van der Waals surface area contributed by atoms with Crippen molar-refractivity contribution in [2.24, 2.45) is 5.41 Å². The number of hydrogen-bond donors (Lipinski definition) is 0. The highest BCUT2D eigenvalue weighted by Crippen LogP contribution is 2.37. The summed E-state index contributed by atoms with van der Waals surface area (Å²) < 4.78 is 2.23. The first-order valence-corrected chi connectivity index (χ1v) is 6.78. The van der Waals surface area contributed by atoms with E-state index < -0.39 is 0 Å². The Bertz CT molecular complexity index is 635. The second-order valence-corrected chi connectivity index (χ2v) is 6.26. The predicted octanol–water partition coefficient (Wildman–Crippen LogP) is 3.94. The standard InChI is InChI=1S/C17H19NO/c1-12-9-14-15(10-17(2,3)11-16(14)19)18(12)13-7-5-4-6-8-13/h4-9H,10-11H2,1-3H3. The van der Waals surface area contributed by atoms with Crippen LogP contribution in [0.25, 0.3) is 5.69 Å². The lowest BCUT2D eigenvalue weighted by Gasteiger charge is -2.29. The van der Waals surface area contributed by atoms with Gasteiger partial charge in [-0.15, -0.1) is 0 Å². The summed E-state index contributed by atoms with van der Waals surface area (Å²) in [6.45, 7) is 6.42. The van der Waals surface area contributed by atoms with E-state index in [1.54, 1.807) is 0 Å². The van der Waals surface area contributed by atoms with Gasteiger partial charge in [-0.25, -0.2) is 0 Å². The molecule has 0 fully saturated rings. The number of para-hydroxylation sites is 1. The third-order valence-electron chi connectivity index (χ3n) is 3.89. The van der Waals surface area contributed by atoms with Crippen molar-refractivity contribution >= 4 is 5.78 Å². The molecule has 0 amide bonds. The summed E-state index contributed by atoms with van der Waals surface area (Å²) in [5.74, 6) is 0.282. The number of aromatic nitrogens is 1. The van der Waals surface area contributed by atoms with E-state index in [2.05, 4.69) is 37.5 Å². The number of hydrogen-bond acceptors (Lipinski definition) is 1. The molecule has 0 unspecified atom stereocenters. The van der Waals surface area contributed by atoms with Crippen molar-refractivity contribution in [2.45, 2.75) is 33.6 Å². The molecule has 0 saturated heterocycles. The molecule has 1 heterocycles. The molecule has 19 heavy (non-hydrogen) atoms. The molecule has 2 aromatic rings. The SMILES string of the molecule is Cc1cc2c(n1-c1ccccc1)CC(C)(C)CC2=O. The van der Waals surface area contributed by atoms with Crippen molar-refractivity contribution in [3.05, 3.63) is 53.3 Å². The van der Waals surface area contributed by atoms with Gasteiger partial charge >= 0.3 is 0 Å². The van der Waals surface area contributed by atoms with Gasteiger partial charge < -0.3 is 4.57 Å². The molecule has 0 N–H and O–H groups in total. The molecular weight excluding hydrogens is 234 g/mol. The van der Waals surface area contributed by atoms with Crippen LogP contribution < -0.4 is 0 Å². The molecule has 2 nitrogen and oxygen atoms in total. The van der Waals surface area contributed by atoms with Gasteiger partial charge in [-0.1, -0.05) is 32.0 Å². The molecule has 98 valence electrons. The number of fused-ring (bicyclic) bond motifs is 1. The third kappa shape index (κ3) is 2.01. The summed E-state index contributed by atoms with van der Waals surface area (Å²) in [6.07, 6.45) is 1.61. The Morgan fingerprint density at radius 1 is 1.11 bits per heavy atom. The first-order valence-electron chi connectivity index (χ1n) is 6.78. The van der Waals surface area contributed by atoms with Crippen molar-refractivity contribution in [3.63, 3.8) is 0 Å². The number of Topliss-reactive ketones (excluding diaryl/α,β-unsaturated/α-hetero) is 1. The van der Waals surface area contributed by atoms with E-state index in [1.807, 2.05) is 24.3 Å². The normalized spacial score (nSPS) is 17.3. The van der Waals surface area contributed by atoms with Crippen molar-refractivity contribution in [1.82, 2.24) is 4.57 Å². The second kappa shape index (κ2) is 4.09. The van der Waals surface area contributed by atoms with Crippen molar-refractivity contribution in [1.29, 1.82) is 0 Å². The Balaban J connectivity index is 2.21. The second-order valence-electron chi connectivity index (χ2n) is 6.26. The maximum absolute atomic E-state index is 12.3. The molecule has 2 heteroatoms. The molecule has 0 bridgehead atoms. The summed E-state index contributed by atoms with van der Waals surface area (Å²) in [4.78, 5) is 12.3. The van der Waals surface area contributed by atoms with Crippen molar-refractivity contribution in [2.75, 3.05) is 0 Å². The third-order valence-corrected chi connectivity index (χ3v) is 3.89. The van der Waals surface area contributed by atoms with Gasteiger partial charge in [0.25, 0.3) is 0 Å². The fourth-order valence-corrected chi connectivity index (χ4v) is 3.09. The molecule has 3 rings (SSSR count). The van der Waals surface area contributed by atoms with Gasteiger partial charge in [-0.2, -0.15) is 0 Å². The van der Waals surface area contributed by atoms with Crippen LogP contribution in [0.1, 0.15) is 42.0 Å². The Kier molecular flexibility index (Phi) is 2.63. The fourth-order valence-electron chi connectivity index (χ4n) is 3.09. The lowest BCUT2D eigenvalue weighted by atomic mass is 9.76. The highest BCUT2D eigenvalue weighted by molar-refractivity contribution is 5.99. The zero-order chi connectivity index (χ0) is 13.6. The minimum atomic E-state index is 0.0570. The molecule has 0 aliphatic heterocycles. The largest absolute Gasteiger partial charge is 0.317 e. The molecular formula is C17H19NO. The average Bonchev–Trinajstić information content (AvgIpc) is 2.65. The van der Waals surface area contributed by atoms with Crippen molar-refractivity contribution < 1.29 is 4.79 Å². The zero-order valence-electron chi connectivity index (χ0n) is 11.7. The minimum absolute atomic E-state index is 0.0570. The molecule has 0 atom stereocenters. The van der Waals surface area contributed by atoms with Crippen LogP contribution in [0, 0.1) is 12.3 Å². The van der Waals surface area contributed by atoms with Crippen LogP contribution >= 0.6 is 0 Å². The van der Waals surface area contributed by atoms with E-state index in [0.29, 0.717) is 6.42 Å². The first-order chi connectivity index (χ1) is 8.98.